The van der Waals surface area contributed by atoms with Gasteiger partial charge in [0.1, 0.15) is 0 Å². The molecule has 0 aromatic carbocycles. The van der Waals surface area contributed by atoms with Crippen molar-refractivity contribution in [1.82, 2.24) is 5.32 Å². The fraction of sp³-hybridized carbons (Fsp3) is 0.938. The maximum Gasteiger partial charge on any atom is 0.0696 e. The second-order valence-electron chi connectivity index (χ2n) is 7.64. The van der Waals surface area contributed by atoms with Crippen LogP contribution in [0.15, 0.2) is 0 Å². The smallest absolute Gasteiger partial charge is 0.0696 e. The number of hydrogen-bond donors (Lipinski definition) is 1. The van der Waals surface area contributed by atoms with Crippen molar-refractivity contribution in [2.24, 2.45) is 28.6 Å². The highest BCUT2D eigenvalue weighted by atomic mass is 14.9. The predicted molar refractivity (Wildman–Crippen MR) is 70.8 cm³/mol. The van der Waals surface area contributed by atoms with Crippen LogP contribution in [0.1, 0.15) is 51.4 Å². The molecule has 4 aliphatic carbocycles. The van der Waals surface area contributed by atoms with Gasteiger partial charge in [0.25, 0.3) is 0 Å². The molecule has 5 aliphatic rings. The summed E-state index contributed by atoms with van der Waals surface area (Å²) < 4.78 is 0. The third-order valence-electron chi connectivity index (χ3n) is 6.72. The Balaban J connectivity index is 1.72. The fourth-order valence-corrected chi connectivity index (χ4v) is 6.31. The zero-order chi connectivity index (χ0) is 12.2. The van der Waals surface area contributed by atoms with Crippen LogP contribution in [-0.4, -0.2) is 13.1 Å². The van der Waals surface area contributed by atoms with E-state index in [0.717, 1.165) is 43.7 Å². The van der Waals surface area contributed by atoms with Gasteiger partial charge in [-0.15, -0.1) is 0 Å². The van der Waals surface area contributed by atoms with Crippen LogP contribution in [0.25, 0.3) is 0 Å². The molecule has 1 aliphatic heterocycles. The number of nitrogens with zero attached hydrogens (tertiary/aromatic N) is 1. The molecule has 5 fully saturated rings. The van der Waals surface area contributed by atoms with Crippen LogP contribution in [0.3, 0.4) is 0 Å². The SMILES string of the molecule is N#CC1(C23CC4CC(CC(C4)C2)C3)CCNCC1. The van der Waals surface area contributed by atoms with E-state index in [1.165, 1.54) is 38.5 Å². The average molecular weight is 244 g/mol. The first kappa shape index (κ1) is 11.3. The lowest BCUT2D eigenvalue weighted by Crippen LogP contribution is -2.56. The highest BCUT2D eigenvalue weighted by Gasteiger charge is 2.60. The van der Waals surface area contributed by atoms with Crippen LogP contribution in [0, 0.1) is 39.9 Å². The summed E-state index contributed by atoms with van der Waals surface area (Å²) in [5.74, 6) is 2.91. The first-order chi connectivity index (χ1) is 8.75. The molecule has 0 radical (unpaired) electrons. The molecule has 5 rings (SSSR count). The Morgan fingerprint density at radius 3 is 1.83 bits per heavy atom. The van der Waals surface area contributed by atoms with E-state index < -0.39 is 0 Å². The van der Waals surface area contributed by atoms with Crippen molar-refractivity contribution in [1.29, 1.82) is 5.26 Å². The van der Waals surface area contributed by atoms with Gasteiger partial charge in [0, 0.05) is 0 Å². The topological polar surface area (TPSA) is 35.8 Å². The second kappa shape index (κ2) is 3.73. The molecule has 0 amide bonds. The molecular formula is C16H24N2. The molecule has 1 N–H and O–H groups in total. The van der Waals surface area contributed by atoms with Crippen LogP contribution < -0.4 is 5.32 Å². The Hall–Kier alpha value is -0.550. The lowest BCUT2D eigenvalue weighted by atomic mass is 9.41. The Morgan fingerprint density at radius 2 is 1.39 bits per heavy atom. The molecular weight excluding hydrogens is 220 g/mol. The summed E-state index contributed by atoms with van der Waals surface area (Å²) in [6.07, 6.45) is 10.8. The van der Waals surface area contributed by atoms with E-state index in [0.29, 0.717) is 5.41 Å². The summed E-state index contributed by atoms with van der Waals surface area (Å²) in [6, 6.07) is 2.83. The number of rotatable bonds is 1. The highest BCUT2D eigenvalue weighted by Crippen LogP contribution is 2.67. The molecule has 18 heavy (non-hydrogen) atoms. The van der Waals surface area contributed by atoms with Crippen LogP contribution in [0.5, 0.6) is 0 Å². The Bertz CT molecular complexity index is 351. The van der Waals surface area contributed by atoms with E-state index in [9.17, 15) is 5.26 Å². The molecule has 98 valence electrons. The Morgan fingerprint density at radius 1 is 0.889 bits per heavy atom. The van der Waals surface area contributed by atoms with Gasteiger partial charge in [0.2, 0.25) is 0 Å². The quantitative estimate of drug-likeness (QED) is 0.769. The lowest BCUT2D eigenvalue weighted by molar-refractivity contribution is -0.120. The summed E-state index contributed by atoms with van der Waals surface area (Å²) in [4.78, 5) is 0. The van der Waals surface area contributed by atoms with Crippen molar-refractivity contribution in [3.8, 4) is 6.07 Å². The van der Waals surface area contributed by atoms with E-state index in [4.69, 9.17) is 0 Å². The molecule has 4 bridgehead atoms. The van der Waals surface area contributed by atoms with Gasteiger partial charge in [-0.3, -0.25) is 0 Å². The molecule has 0 atom stereocenters. The summed E-state index contributed by atoms with van der Waals surface area (Å²) in [6.45, 7) is 2.13. The average Bonchev–Trinajstić information content (AvgIpc) is 2.38. The predicted octanol–water partition coefficient (Wildman–Crippen LogP) is 3.10. The lowest BCUT2D eigenvalue weighted by Gasteiger charge is -2.62. The molecule has 2 heteroatoms. The van der Waals surface area contributed by atoms with Crippen molar-refractivity contribution in [3.05, 3.63) is 0 Å². The van der Waals surface area contributed by atoms with Crippen LogP contribution in [-0.2, 0) is 0 Å². The van der Waals surface area contributed by atoms with E-state index in [1.54, 1.807) is 0 Å². The van der Waals surface area contributed by atoms with Gasteiger partial charge in [-0.2, -0.15) is 5.26 Å². The van der Waals surface area contributed by atoms with Gasteiger partial charge in [0.15, 0.2) is 0 Å². The first-order valence-electron chi connectivity index (χ1n) is 7.87. The highest BCUT2D eigenvalue weighted by molar-refractivity contribution is 5.17. The number of hydrogen-bond acceptors (Lipinski definition) is 2. The van der Waals surface area contributed by atoms with Crippen LogP contribution in [0.4, 0.5) is 0 Å². The van der Waals surface area contributed by atoms with Crippen molar-refractivity contribution in [2.45, 2.75) is 51.4 Å². The molecule has 0 aromatic heterocycles. The minimum Gasteiger partial charge on any atom is -0.317 e. The minimum absolute atomic E-state index is 0.0221. The molecule has 1 saturated heterocycles. The van der Waals surface area contributed by atoms with Crippen LogP contribution >= 0.6 is 0 Å². The standard InChI is InChI=1S/C16H24N2/c17-11-15(1-3-18-4-2-15)16-8-12-5-13(9-16)7-14(6-12)10-16/h12-14,18H,1-10H2. The van der Waals surface area contributed by atoms with E-state index in [-0.39, 0.29) is 5.41 Å². The molecule has 0 unspecified atom stereocenters. The normalized spacial score (nSPS) is 48.9. The monoisotopic (exact) mass is 244 g/mol. The third kappa shape index (κ3) is 1.37. The van der Waals surface area contributed by atoms with Gasteiger partial charge in [0.05, 0.1) is 11.5 Å². The van der Waals surface area contributed by atoms with Gasteiger partial charge in [-0.05, 0) is 87.6 Å². The largest absolute Gasteiger partial charge is 0.317 e. The van der Waals surface area contributed by atoms with Crippen molar-refractivity contribution in [3.63, 3.8) is 0 Å². The van der Waals surface area contributed by atoms with Gasteiger partial charge >= 0.3 is 0 Å². The summed E-state index contributed by atoms with van der Waals surface area (Å²) in [5.41, 5.74) is 0.437. The maximum absolute atomic E-state index is 9.92. The van der Waals surface area contributed by atoms with Crippen molar-refractivity contribution in [2.75, 3.05) is 13.1 Å². The second-order valence-corrected chi connectivity index (χ2v) is 7.64. The molecule has 4 saturated carbocycles. The van der Waals surface area contributed by atoms with E-state index >= 15 is 0 Å². The number of piperidine rings is 1. The first-order valence-corrected chi connectivity index (χ1v) is 7.87. The number of nitrogens with one attached hydrogen (secondary N) is 1. The Kier molecular flexibility index (Phi) is 2.34. The number of nitriles is 1. The summed E-state index contributed by atoms with van der Waals surface area (Å²) in [7, 11) is 0. The molecule has 1 heterocycles. The summed E-state index contributed by atoms with van der Waals surface area (Å²) in [5, 5.41) is 13.4. The fourth-order valence-electron chi connectivity index (χ4n) is 6.31. The third-order valence-corrected chi connectivity index (χ3v) is 6.72. The van der Waals surface area contributed by atoms with Gasteiger partial charge in [-0.1, -0.05) is 0 Å². The van der Waals surface area contributed by atoms with Crippen molar-refractivity contribution >= 4 is 0 Å². The molecule has 0 spiro atoms. The summed E-state index contributed by atoms with van der Waals surface area (Å²) >= 11 is 0. The minimum atomic E-state index is 0.0221. The van der Waals surface area contributed by atoms with Crippen molar-refractivity contribution < 1.29 is 0 Å². The van der Waals surface area contributed by atoms with E-state index in [2.05, 4.69) is 11.4 Å². The van der Waals surface area contributed by atoms with Gasteiger partial charge < -0.3 is 5.32 Å². The molecule has 0 aromatic rings. The Labute approximate surface area is 110 Å². The zero-order valence-electron chi connectivity index (χ0n) is 11.3. The van der Waals surface area contributed by atoms with E-state index in [1.807, 2.05) is 0 Å². The zero-order valence-corrected chi connectivity index (χ0v) is 11.3. The van der Waals surface area contributed by atoms with Gasteiger partial charge in [-0.25, -0.2) is 0 Å². The molecule has 2 nitrogen and oxygen atoms in total. The van der Waals surface area contributed by atoms with Crippen LogP contribution in [0.2, 0.25) is 0 Å². The maximum atomic E-state index is 9.92.